The first-order valence-electron chi connectivity index (χ1n) is 8.44. The van der Waals surface area contributed by atoms with Gasteiger partial charge >= 0.3 is 0 Å². The van der Waals surface area contributed by atoms with Crippen LogP contribution in [0.15, 0.2) is 11.3 Å². The van der Waals surface area contributed by atoms with E-state index in [1.807, 2.05) is 7.05 Å². The number of hydrogen-bond donors (Lipinski definition) is 2. The molecule has 1 atom stereocenters. The molecule has 0 spiro atoms. The number of aryl methyl sites for hydroxylation is 1. The van der Waals surface area contributed by atoms with E-state index in [2.05, 4.69) is 39.6 Å². The number of aliphatic imine (C=N–C) groups is 1. The molecular formula is C16H32N6. The van der Waals surface area contributed by atoms with Crippen LogP contribution in [0, 0.1) is 5.92 Å². The average molecular weight is 308 g/mol. The van der Waals surface area contributed by atoms with Crippen molar-refractivity contribution in [1.82, 2.24) is 25.4 Å². The predicted octanol–water partition coefficient (Wildman–Crippen LogP) is 2.48. The summed E-state index contributed by atoms with van der Waals surface area (Å²) in [6.45, 7) is 6.13. The smallest absolute Gasteiger partial charge is 0.191 e. The van der Waals surface area contributed by atoms with Crippen molar-refractivity contribution in [1.29, 1.82) is 0 Å². The molecule has 6 heteroatoms. The molecule has 0 aromatic carbocycles. The summed E-state index contributed by atoms with van der Waals surface area (Å²) in [5, 5.41) is 10.7. The molecule has 0 aliphatic carbocycles. The minimum absolute atomic E-state index is 0.627. The second-order valence-corrected chi connectivity index (χ2v) is 5.91. The molecule has 22 heavy (non-hydrogen) atoms. The zero-order chi connectivity index (χ0) is 16.2. The van der Waals surface area contributed by atoms with Crippen molar-refractivity contribution in [3.8, 4) is 0 Å². The van der Waals surface area contributed by atoms with Gasteiger partial charge in [0.15, 0.2) is 5.96 Å². The highest BCUT2D eigenvalue weighted by molar-refractivity contribution is 5.79. The van der Waals surface area contributed by atoms with Crippen LogP contribution in [0.3, 0.4) is 0 Å². The maximum Gasteiger partial charge on any atom is 0.191 e. The van der Waals surface area contributed by atoms with E-state index in [4.69, 9.17) is 0 Å². The maximum atomic E-state index is 4.25. The summed E-state index contributed by atoms with van der Waals surface area (Å²) in [5.41, 5.74) is 0. The van der Waals surface area contributed by atoms with Gasteiger partial charge in [-0.2, -0.15) is 5.10 Å². The molecular weight excluding hydrogens is 276 g/mol. The van der Waals surface area contributed by atoms with E-state index in [1.165, 1.54) is 38.5 Å². The molecule has 0 amide bonds. The van der Waals surface area contributed by atoms with Crippen molar-refractivity contribution >= 4 is 5.96 Å². The molecule has 2 N–H and O–H groups in total. The third-order valence-corrected chi connectivity index (χ3v) is 3.86. The summed E-state index contributed by atoms with van der Waals surface area (Å²) in [5.74, 6) is 2.38. The monoisotopic (exact) mass is 308 g/mol. The van der Waals surface area contributed by atoms with Crippen LogP contribution in [0.1, 0.15) is 58.2 Å². The normalized spacial score (nSPS) is 13.2. The van der Waals surface area contributed by atoms with E-state index < -0.39 is 0 Å². The second-order valence-electron chi connectivity index (χ2n) is 5.91. The molecule has 0 saturated carbocycles. The van der Waals surface area contributed by atoms with Crippen molar-refractivity contribution in [2.75, 3.05) is 13.6 Å². The Morgan fingerprint density at radius 2 is 2.05 bits per heavy atom. The Hall–Kier alpha value is -1.59. The van der Waals surface area contributed by atoms with Gasteiger partial charge in [-0.15, -0.1) is 0 Å². The van der Waals surface area contributed by atoms with Gasteiger partial charge in [-0.3, -0.25) is 9.67 Å². The third kappa shape index (κ3) is 7.43. The number of rotatable bonds is 10. The first-order chi connectivity index (χ1) is 10.7. The fourth-order valence-corrected chi connectivity index (χ4v) is 2.33. The van der Waals surface area contributed by atoms with Crippen molar-refractivity contribution in [3.63, 3.8) is 0 Å². The highest BCUT2D eigenvalue weighted by Gasteiger charge is 2.05. The third-order valence-electron chi connectivity index (χ3n) is 3.86. The number of guanidine groups is 1. The van der Waals surface area contributed by atoms with Gasteiger partial charge in [0.25, 0.3) is 0 Å². The predicted molar refractivity (Wildman–Crippen MR) is 91.7 cm³/mol. The van der Waals surface area contributed by atoms with E-state index in [9.17, 15) is 0 Å². The first-order valence-corrected chi connectivity index (χ1v) is 8.44. The van der Waals surface area contributed by atoms with Crippen molar-refractivity contribution < 1.29 is 0 Å². The molecule has 1 aromatic rings. The van der Waals surface area contributed by atoms with Gasteiger partial charge in [0, 0.05) is 20.6 Å². The summed E-state index contributed by atoms with van der Waals surface area (Å²) < 4.78 is 1.76. The van der Waals surface area contributed by atoms with Gasteiger partial charge < -0.3 is 10.6 Å². The Morgan fingerprint density at radius 1 is 1.27 bits per heavy atom. The summed E-state index contributed by atoms with van der Waals surface area (Å²) in [6.07, 6.45) is 9.57. The molecule has 1 rings (SSSR count). The molecule has 0 radical (unpaired) electrons. The highest BCUT2D eigenvalue weighted by Crippen LogP contribution is 2.10. The second kappa shape index (κ2) is 11.0. The van der Waals surface area contributed by atoms with Crippen LogP contribution < -0.4 is 10.6 Å². The standard InChI is InChI=1S/C16H32N6/c1-5-6-7-8-9-10-14(2)11-18-16(17-3)19-12-15-20-13-21-22(15)4/h13-14H,5-12H2,1-4H3,(H2,17,18,19). The molecule has 0 bridgehead atoms. The largest absolute Gasteiger partial charge is 0.356 e. The molecule has 0 aliphatic rings. The quantitative estimate of drug-likeness (QED) is 0.396. The molecule has 1 heterocycles. The molecule has 0 aliphatic heterocycles. The van der Waals surface area contributed by atoms with E-state index in [0.717, 1.165) is 18.3 Å². The molecule has 1 unspecified atom stereocenters. The van der Waals surface area contributed by atoms with Gasteiger partial charge in [0.05, 0.1) is 6.54 Å². The zero-order valence-electron chi connectivity index (χ0n) is 14.6. The van der Waals surface area contributed by atoms with E-state index in [0.29, 0.717) is 12.5 Å². The summed E-state index contributed by atoms with van der Waals surface area (Å²) in [4.78, 5) is 8.44. The van der Waals surface area contributed by atoms with Crippen LogP contribution in [0.4, 0.5) is 0 Å². The number of hydrogen-bond acceptors (Lipinski definition) is 3. The van der Waals surface area contributed by atoms with Crippen LogP contribution in [0.25, 0.3) is 0 Å². The molecule has 1 aromatic heterocycles. The first kappa shape index (κ1) is 18.5. The highest BCUT2D eigenvalue weighted by atomic mass is 15.3. The van der Waals surface area contributed by atoms with Crippen LogP contribution >= 0.6 is 0 Å². The Bertz CT molecular complexity index is 426. The topological polar surface area (TPSA) is 67.1 Å². The van der Waals surface area contributed by atoms with Gasteiger partial charge in [-0.05, 0) is 12.3 Å². The minimum Gasteiger partial charge on any atom is -0.356 e. The van der Waals surface area contributed by atoms with Gasteiger partial charge in [-0.25, -0.2) is 4.98 Å². The van der Waals surface area contributed by atoms with Crippen molar-refractivity contribution in [2.24, 2.45) is 18.0 Å². The van der Waals surface area contributed by atoms with E-state index in [1.54, 1.807) is 18.1 Å². The zero-order valence-corrected chi connectivity index (χ0v) is 14.6. The molecule has 6 nitrogen and oxygen atoms in total. The number of nitrogens with zero attached hydrogens (tertiary/aromatic N) is 4. The van der Waals surface area contributed by atoms with Crippen LogP contribution in [0.2, 0.25) is 0 Å². The van der Waals surface area contributed by atoms with Gasteiger partial charge in [0.1, 0.15) is 12.2 Å². The lowest BCUT2D eigenvalue weighted by Gasteiger charge is -2.15. The van der Waals surface area contributed by atoms with Crippen LogP contribution in [0.5, 0.6) is 0 Å². The fraction of sp³-hybridized carbons (Fsp3) is 0.812. The lowest BCUT2D eigenvalue weighted by molar-refractivity contribution is 0.476. The lowest BCUT2D eigenvalue weighted by atomic mass is 10.0. The lowest BCUT2D eigenvalue weighted by Crippen LogP contribution is -2.39. The summed E-state index contributed by atoms with van der Waals surface area (Å²) in [6, 6.07) is 0. The number of nitrogens with one attached hydrogen (secondary N) is 2. The van der Waals surface area contributed by atoms with Crippen LogP contribution in [-0.4, -0.2) is 34.3 Å². The number of unbranched alkanes of at least 4 members (excludes halogenated alkanes) is 4. The summed E-state index contributed by atoms with van der Waals surface area (Å²) >= 11 is 0. The van der Waals surface area contributed by atoms with E-state index in [-0.39, 0.29) is 0 Å². The molecule has 126 valence electrons. The Balaban J connectivity index is 2.16. The summed E-state index contributed by atoms with van der Waals surface area (Å²) in [7, 11) is 3.68. The van der Waals surface area contributed by atoms with Gasteiger partial charge in [-0.1, -0.05) is 46.0 Å². The number of aromatic nitrogens is 3. The van der Waals surface area contributed by atoms with Crippen molar-refractivity contribution in [3.05, 3.63) is 12.2 Å². The molecule has 0 fully saturated rings. The van der Waals surface area contributed by atoms with Crippen LogP contribution in [-0.2, 0) is 13.6 Å². The Labute approximate surface area is 134 Å². The van der Waals surface area contributed by atoms with Gasteiger partial charge in [0.2, 0.25) is 0 Å². The Morgan fingerprint density at radius 3 is 2.68 bits per heavy atom. The molecule has 0 saturated heterocycles. The SMILES string of the molecule is CCCCCCCC(C)CNC(=NC)NCc1ncnn1C. The van der Waals surface area contributed by atoms with E-state index >= 15 is 0 Å². The minimum atomic E-state index is 0.627. The fourth-order valence-electron chi connectivity index (χ4n) is 2.33. The maximum absolute atomic E-state index is 4.25. The van der Waals surface area contributed by atoms with Crippen molar-refractivity contribution in [2.45, 2.75) is 58.9 Å². The Kier molecular flexibility index (Phi) is 9.26. The average Bonchev–Trinajstić information content (AvgIpc) is 2.92.